The number of anilines is 1. The highest BCUT2D eigenvalue weighted by Gasteiger charge is 2.18. The van der Waals surface area contributed by atoms with Crippen LogP contribution in [-0.4, -0.2) is 27.8 Å². The van der Waals surface area contributed by atoms with Gasteiger partial charge in [0.15, 0.2) is 0 Å². The van der Waals surface area contributed by atoms with Crippen molar-refractivity contribution < 1.29 is 14.0 Å². The number of carbonyl (C=O) groups is 2. The van der Waals surface area contributed by atoms with Crippen LogP contribution in [0.2, 0.25) is 5.02 Å². The van der Waals surface area contributed by atoms with Crippen molar-refractivity contribution in [1.29, 1.82) is 0 Å². The Morgan fingerprint density at radius 2 is 2.03 bits per heavy atom. The largest absolute Gasteiger partial charge is 0.411 e. The van der Waals surface area contributed by atoms with Crippen molar-refractivity contribution in [2.45, 2.75) is 31.0 Å². The van der Waals surface area contributed by atoms with Crippen molar-refractivity contribution in [1.82, 2.24) is 15.5 Å². The van der Waals surface area contributed by atoms with Gasteiger partial charge in [-0.05, 0) is 54.8 Å². The number of aromatic nitrogens is 2. The number of carbonyl (C=O) groups excluding carboxylic acids is 2. The lowest BCUT2D eigenvalue weighted by Crippen LogP contribution is -2.28. The molecule has 2 heterocycles. The van der Waals surface area contributed by atoms with Crippen LogP contribution in [0, 0.1) is 0 Å². The summed E-state index contributed by atoms with van der Waals surface area (Å²) in [6.07, 6.45) is 1.19. The lowest BCUT2D eigenvalue weighted by molar-refractivity contribution is -0.119. The van der Waals surface area contributed by atoms with Crippen LogP contribution in [0.4, 0.5) is 5.69 Å². The first-order valence-corrected chi connectivity index (χ1v) is 10.8. The SMILES string of the molecule is CC(NC(=O)CSc1nnc(-c2ccc(Cl)cc2)o1)c1ccc2c(c1)CCC(=O)N2. The number of aryl methyl sites for hydroxylation is 1. The van der Waals surface area contributed by atoms with Gasteiger partial charge in [0.05, 0.1) is 11.8 Å². The summed E-state index contributed by atoms with van der Waals surface area (Å²) >= 11 is 7.07. The van der Waals surface area contributed by atoms with Crippen molar-refractivity contribution in [2.24, 2.45) is 0 Å². The first-order chi connectivity index (χ1) is 14.5. The number of rotatable bonds is 6. The summed E-state index contributed by atoms with van der Waals surface area (Å²) in [6.45, 7) is 1.93. The van der Waals surface area contributed by atoms with Crippen LogP contribution in [0.5, 0.6) is 0 Å². The minimum absolute atomic E-state index is 0.0360. The number of halogens is 1. The zero-order valence-electron chi connectivity index (χ0n) is 16.1. The maximum atomic E-state index is 12.4. The van der Waals surface area contributed by atoms with Crippen molar-refractivity contribution >= 4 is 40.9 Å². The summed E-state index contributed by atoms with van der Waals surface area (Å²) in [5.74, 6) is 0.441. The topological polar surface area (TPSA) is 97.1 Å². The number of hydrogen-bond donors (Lipinski definition) is 2. The zero-order chi connectivity index (χ0) is 21.1. The molecule has 0 saturated carbocycles. The number of benzene rings is 2. The minimum Gasteiger partial charge on any atom is -0.411 e. The van der Waals surface area contributed by atoms with E-state index in [1.165, 1.54) is 11.8 Å². The van der Waals surface area contributed by atoms with Crippen LogP contribution in [0.1, 0.15) is 30.5 Å². The van der Waals surface area contributed by atoms with E-state index in [2.05, 4.69) is 20.8 Å². The molecule has 7 nitrogen and oxygen atoms in total. The van der Waals surface area contributed by atoms with Gasteiger partial charge in [-0.3, -0.25) is 9.59 Å². The lowest BCUT2D eigenvalue weighted by atomic mass is 9.98. The molecule has 0 fully saturated rings. The zero-order valence-corrected chi connectivity index (χ0v) is 17.7. The van der Waals surface area contributed by atoms with Gasteiger partial charge in [-0.2, -0.15) is 0 Å². The lowest BCUT2D eigenvalue weighted by Gasteiger charge is -2.20. The number of hydrogen-bond acceptors (Lipinski definition) is 6. The summed E-state index contributed by atoms with van der Waals surface area (Å²) in [4.78, 5) is 23.8. The molecule has 1 atom stereocenters. The number of thioether (sulfide) groups is 1. The molecular formula is C21H19ClN4O3S. The number of fused-ring (bicyclic) bond motifs is 1. The second-order valence-corrected chi connectivity index (χ2v) is 8.29. The molecule has 0 aliphatic carbocycles. The van der Waals surface area contributed by atoms with Crippen molar-refractivity contribution in [3.63, 3.8) is 0 Å². The molecule has 4 rings (SSSR count). The van der Waals surface area contributed by atoms with Gasteiger partial charge in [0.2, 0.25) is 17.7 Å². The monoisotopic (exact) mass is 442 g/mol. The van der Waals surface area contributed by atoms with Crippen LogP contribution in [0.15, 0.2) is 52.1 Å². The quantitative estimate of drug-likeness (QED) is 0.554. The van der Waals surface area contributed by atoms with Crippen LogP contribution in [-0.2, 0) is 16.0 Å². The third kappa shape index (κ3) is 4.83. The van der Waals surface area contributed by atoms with Gasteiger partial charge in [0, 0.05) is 22.7 Å². The number of nitrogens with zero attached hydrogens (tertiary/aromatic N) is 2. The van der Waals surface area contributed by atoms with Gasteiger partial charge >= 0.3 is 0 Å². The molecule has 0 radical (unpaired) electrons. The van der Waals surface area contributed by atoms with E-state index < -0.39 is 0 Å². The fraction of sp³-hybridized carbons (Fsp3) is 0.238. The van der Waals surface area contributed by atoms with E-state index in [1.807, 2.05) is 25.1 Å². The van der Waals surface area contributed by atoms with E-state index in [9.17, 15) is 9.59 Å². The Kier molecular flexibility index (Phi) is 6.06. The third-order valence-electron chi connectivity index (χ3n) is 4.73. The molecule has 30 heavy (non-hydrogen) atoms. The summed E-state index contributed by atoms with van der Waals surface area (Å²) in [7, 11) is 0. The van der Waals surface area contributed by atoms with Crippen LogP contribution < -0.4 is 10.6 Å². The number of nitrogens with one attached hydrogen (secondary N) is 2. The third-order valence-corrected chi connectivity index (χ3v) is 5.80. The van der Waals surface area contributed by atoms with Crippen LogP contribution >= 0.6 is 23.4 Å². The Morgan fingerprint density at radius 3 is 2.83 bits per heavy atom. The smallest absolute Gasteiger partial charge is 0.277 e. The Morgan fingerprint density at radius 1 is 1.23 bits per heavy atom. The second kappa shape index (κ2) is 8.89. The molecule has 2 amide bonds. The molecule has 0 saturated heterocycles. The molecule has 1 aliphatic rings. The molecule has 1 aliphatic heterocycles. The highest BCUT2D eigenvalue weighted by molar-refractivity contribution is 7.99. The fourth-order valence-corrected chi connectivity index (χ4v) is 3.84. The van der Waals surface area contributed by atoms with Crippen LogP contribution in [0.3, 0.4) is 0 Å². The van der Waals surface area contributed by atoms with Crippen molar-refractivity contribution in [3.05, 3.63) is 58.6 Å². The first-order valence-electron chi connectivity index (χ1n) is 9.42. The van der Waals surface area contributed by atoms with Gasteiger partial charge in [-0.25, -0.2) is 0 Å². The van der Waals surface area contributed by atoms with Gasteiger partial charge < -0.3 is 15.1 Å². The normalized spacial score (nSPS) is 14.0. The Bertz CT molecular complexity index is 1080. The maximum Gasteiger partial charge on any atom is 0.277 e. The van der Waals surface area contributed by atoms with Gasteiger partial charge in [0.1, 0.15) is 0 Å². The average molecular weight is 443 g/mol. The van der Waals surface area contributed by atoms with E-state index in [0.717, 1.165) is 22.4 Å². The molecule has 0 spiro atoms. The molecule has 3 aromatic rings. The molecule has 1 unspecified atom stereocenters. The molecule has 0 bridgehead atoms. The van der Waals surface area contributed by atoms with E-state index in [-0.39, 0.29) is 23.6 Å². The standard InChI is InChI=1S/C21H19ClN4O3S/c1-12(14-4-8-17-15(10-14)5-9-18(27)24-17)23-19(28)11-30-21-26-25-20(29-21)13-2-6-16(22)7-3-13/h2-4,6-8,10,12H,5,9,11H2,1H3,(H,23,28)(H,24,27). The molecule has 2 aromatic carbocycles. The summed E-state index contributed by atoms with van der Waals surface area (Å²) < 4.78 is 5.60. The molecule has 9 heteroatoms. The molecule has 2 N–H and O–H groups in total. The molecule has 154 valence electrons. The summed E-state index contributed by atoms with van der Waals surface area (Å²) in [5.41, 5.74) is 3.69. The van der Waals surface area contributed by atoms with Gasteiger partial charge in [-0.1, -0.05) is 35.5 Å². The Hall–Kier alpha value is -2.84. The Balaban J connectivity index is 1.32. The van der Waals surface area contributed by atoms with E-state index in [4.69, 9.17) is 16.0 Å². The molecule has 1 aromatic heterocycles. The summed E-state index contributed by atoms with van der Waals surface area (Å²) in [6, 6.07) is 12.8. The highest BCUT2D eigenvalue weighted by Crippen LogP contribution is 2.27. The summed E-state index contributed by atoms with van der Waals surface area (Å²) in [5, 5.41) is 14.8. The average Bonchev–Trinajstić information content (AvgIpc) is 3.21. The predicted octanol–water partition coefficient (Wildman–Crippen LogP) is 4.24. The second-order valence-electron chi connectivity index (χ2n) is 6.92. The predicted molar refractivity (Wildman–Crippen MR) is 115 cm³/mol. The minimum atomic E-state index is -0.159. The van der Waals surface area contributed by atoms with Crippen molar-refractivity contribution in [3.8, 4) is 11.5 Å². The van der Waals surface area contributed by atoms with Gasteiger partial charge in [-0.15, -0.1) is 10.2 Å². The molecular weight excluding hydrogens is 424 g/mol. The fourth-order valence-electron chi connectivity index (χ4n) is 3.14. The van der Waals surface area contributed by atoms with E-state index in [1.54, 1.807) is 24.3 Å². The van der Waals surface area contributed by atoms with E-state index >= 15 is 0 Å². The first kappa shape index (κ1) is 20.4. The van der Waals surface area contributed by atoms with Crippen LogP contribution in [0.25, 0.3) is 11.5 Å². The highest BCUT2D eigenvalue weighted by atomic mass is 35.5. The van der Waals surface area contributed by atoms with Crippen molar-refractivity contribution in [2.75, 3.05) is 11.1 Å². The van der Waals surface area contributed by atoms with Gasteiger partial charge in [0.25, 0.3) is 5.22 Å². The van der Waals surface area contributed by atoms with E-state index in [0.29, 0.717) is 29.0 Å². The Labute approximate surface area is 182 Å². The maximum absolute atomic E-state index is 12.4. The number of amides is 2.